The predicted octanol–water partition coefficient (Wildman–Crippen LogP) is 3.08. The van der Waals surface area contributed by atoms with E-state index >= 15 is 0 Å². The lowest BCUT2D eigenvalue weighted by molar-refractivity contribution is 0.172. The molecule has 2 atom stereocenters. The molecule has 0 aromatic heterocycles. The molecule has 2 nitrogen and oxygen atoms in total. The predicted molar refractivity (Wildman–Crippen MR) is 66.1 cm³/mol. The summed E-state index contributed by atoms with van der Waals surface area (Å²) >= 11 is 3.46. The summed E-state index contributed by atoms with van der Waals surface area (Å²) in [5, 5.41) is 13.2. The van der Waals surface area contributed by atoms with Crippen LogP contribution in [-0.2, 0) is 0 Å². The first-order chi connectivity index (χ1) is 7.16. The van der Waals surface area contributed by atoms with Crippen molar-refractivity contribution in [1.29, 1.82) is 0 Å². The van der Waals surface area contributed by atoms with Gasteiger partial charge in [0, 0.05) is 10.2 Å². The highest BCUT2D eigenvalue weighted by Crippen LogP contribution is 2.26. The van der Waals surface area contributed by atoms with Gasteiger partial charge in [-0.3, -0.25) is 0 Å². The summed E-state index contributed by atoms with van der Waals surface area (Å²) in [6.45, 7) is 2.08. The van der Waals surface area contributed by atoms with Gasteiger partial charge in [0.2, 0.25) is 0 Å². The van der Waals surface area contributed by atoms with E-state index in [1.165, 1.54) is 5.56 Å². The lowest BCUT2D eigenvalue weighted by Gasteiger charge is -2.19. The van der Waals surface area contributed by atoms with E-state index in [4.69, 9.17) is 0 Å². The van der Waals surface area contributed by atoms with Crippen molar-refractivity contribution < 1.29 is 5.11 Å². The largest absolute Gasteiger partial charge is 0.391 e. The minimum atomic E-state index is -0.191. The van der Waals surface area contributed by atoms with Crippen LogP contribution in [0.15, 0.2) is 22.7 Å². The van der Waals surface area contributed by atoms with Crippen LogP contribution in [0.3, 0.4) is 0 Å². The molecule has 0 heterocycles. The molecule has 1 fully saturated rings. The van der Waals surface area contributed by atoms with Crippen LogP contribution in [0.25, 0.3) is 0 Å². The number of nitrogens with one attached hydrogen (secondary N) is 1. The molecule has 2 unspecified atom stereocenters. The summed E-state index contributed by atoms with van der Waals surface area (Å²) in [5.74, 6) is 0. The second-order valence-corrected chi connectivity index (χ2v) is 5.12. The summed E-state index contributed by atoms with van der Waals surface area (Å²) in [7, 11) is 0. The van der Waals surface area contributed by atoms with E-state index in [0.29, 0.717) is 0 Å². The molecule has 1 aromatic carbocycles. The van der Waals surface area contributed by atoms with Crippen LogP contribution in [0.5, 0.6) is 0 Å². The van der Waals surface area contributed by atoms with Crippen molar-refractivity contribution in [3.05, 3.63) is 28.2 Å². The normalized spacial score (nSPS) is 25.5. The number of halogens is 1. The van der Waals surface area contributed by atoms with E-state index in [1.807, 2.05) is 6.07 Å². The van der Waals surface area contributed by atoms with Gasteiger partial charge < -0.3 is 10.4 Å². The summed E-state index contributed by atoms with van der Waals surface area (Å²) in [5.41, 5.74) is 2.34. The Labute approximate surface area is 98.8 Å². The van der Waals surface area contributed by atoms with Crippen LogP contribution in [0.2, 0.25) is 0 Å². The molecule has 1 saturated carbocycles. The van der Waals surface area contributed by atoms with E-state index in [0.717, 1.165) is 29.4 Å². The average Bonchev–Trinajstić information content (AvgIpc) is 2.58. The van der Waals surface area contributed by atoms with Crippen molar-refractivity contribution in [3.63, 3.8) is 0 Å². The molecule has 2 N–H and O–H groups in total. The van der Waals surface area contributed by atoms with E-state index in [-0.39, 0.29) is 12.1 Å². The molecule has 0 spiro atoms. The quantitative estimate of drug-likeness (QED) is 0.865. The number of benzene rings is 1. The lowest BCUT2D eigenvalue weighted by atomic mass is 10.1. The van der Waals surface area contributed by atoms with Gasteiger partial charge in [0.15, 0.2) is 0 Å². The number of aliphatic hydroxyl groups is 1. The highest BCUT2D eigenvalue weighted by atomic mass is 79.9. The Kier molecular flexibility index (Phi) is 3.32. The monoisotopic (exact) mass is 269 g/mol. The molecule has 3 heteroatoms. The van der Waals surface area contributed by atoms with Crippen molar-refractivity contribution in [1.82, 2.24) is 0 Å². The first-order valence-electron chi connectivity index (χ1n) is 5.37. The smallest absolute Gasteiger partial charge is 0.0741 e. The van der Waals surface area contributed by atoms with Crippen molar-refractivity contribution in [2.75, 3.05) is 5.32 Å². The van der Waals surface area contributed by atoms with Gasteiger partial charge in [0.05, 0.1) is 12.1 Å². The van der Waals surface area contributed by atoms with Crippen molar-refractivity contribution >= 4 is 21.6 Å². The molecule has 0 saturated heterocycles. The van der Waals surface area contributed by atoms with Gasteiger partial charge in [-0.05, 0) is 43.9 Å². The third-order valence-corrected chi connectivity index (χ3v) is 3.51. The molecule has 15 heavy (non-hydrogen) atoms. The first kappa shape index (κ1) is 11.0. The Bertz CT molecular complexity index is 353. The summed E-state index contributed by atoms with van der Waals surface area (Å²) in [4.78, 5) is 0. The highest BCUT2D eigenvalue weighted by molar-refractivity contribution is 9.10. The molecule has 1 aliphatic rings. The number of aryl methyl sites for hydroxylation is 1. The molecule has 2 rings (SSSR count). The van der Waals surface area contributed by atoms with Gasteiger partial charge in [-0.15, -0.1) is 0 Å². The summed E-state index contributed by atoms with van der Waals surface area (Å²) < 4.78 is 1.07. The second-order valence-electron chi connectivity index (χ2n) is 4.21. The number of hydrogen-bond acceptors (Lipinski definition) is 2. The van der Waals surface area contributed by atoms with E-state index < -0.39 is 0 Å². The van der Waals surface area contributed by atoms with Gasteiger partial charge in [-0.2, -0.15) is 0 Å². The van der Waals surface area contributed by atoms with Crippen LogP contribution >= 0.6 is 15.9 Å². The van der Waals surface area contributed by atoms with Crippen molar-refractivity contribution in [2.24, 2.45) is 0 Å². The van der Waals surface area contributed by atoms with Gasteiger partial charge in [0.25, 0.3) is 0 Å². The maximum Gasteiger partial charge on any atom is 0.0741 e. The fourth-order valence-corrected chi connectivity index (χ4v) is 2.42. The maximum atomic E-state index is 9.74. The Morgan fingerprint density at radius 3 is 2.87 bits per heavy atom. The minimum absolute atomic E-state index is 0.191. The fourth-order valence-electron chi connectivity index (χ4n) is 2.06. The third kappa shape index (κ3) is 2.52. The highest BCUT2D eigenvalue weighted by Gasteiger charge is 2.25. The van der Waals surface area contributed by atoms with Crippen molar-refractivity contribution in [3.8, 4) is 0 Å². The van der Waals surface area contributed by atoms with Crippen molar-refractivity contribution in [2.45, 2.75) is 38.3 Å². The van der Waals surface area contributed by atoms with Crippen LogP contribution in [0, 0.1) is 6.92 Å². The number of anilines is 1. The lowest BCUT2D eigenvalue weighted by Crippen LogP contribution is -2.28. The van der Waals surface area contributed by atoms with E-state index in [2.05, 4.69) is 40.3 Å². The van der Waals surface area contributed by atoms with Crippen LogP contribution in [0.1, 0.15) is 24.8 Å². The molecule has 0 radical (unpaired) electrons. The van der Waals surface area contributed by atoms with E-state index in [9.17, 15) is 5.11 Å². The Morgan fingerprint density at radius 1 is 1.40 bits per heavy atom. The fraction of sp³-hybridized carbons (Fsp3) is 0.500. The summed E-state index contributed by atoms with van der Waals surface area (Å²) in [6.07, 6.45) is 2.91. The zero-order valence-electron chi connectivity index (χ0n) is 8.83. The Hall–Kier alpha value is -0.540. The van der Waals surface area contributed by atoms with E-state index in [1.54, 1.807) is 0 Å². The molecule has 82 valence electrons. The number of aliphatic hydroxyl groups excluding tert-OH is 1. The number of hydrogen-bond donors (Lipinski definition) is 2. The molecule has 1 aromatic rings. The van der Waals surface area contributed by atoms with Gasteiger partial charge >= 0.3 is 0 Å². The Morgan fingerprint density at radius 2 is 2.20 bits per heavy atom. The third-order valence-electron chi connectivity index (χ3n) is 3.02. The zero-order valence-corrected chi connectivity index (χ0v) is 10.4. The zero-order chi connectivity index (χ0) is 10.8. The molecule has 0 bridgehead atoms. The van der Waals surface area contributed by atoms with Gasteiger partial charge in [0.1, 0.15) is 0 Å². The first-order valence-corrected chi connectivity index (χ1v) is 6.17. The standard InChI is InChI=1S/C12H16BrNO/c1-8-5-6-9(13)7-11(8)14-10-3-2-4-12(10)15/h5-7,10,12,14-15H,2-4H2,1H3. The summed E-state index contributed by atoms with van der Waals surface area (Å²) in [6, 6.07) is 6.40. The molecule has 0 aliphatic heterocycles. The Balaban J connectivity index is 2.12. The minimum Gasteiger partial charge on any atom is -0.391 e. The van der Waals surface area contributed by atoms with Crippen LogP contribution < -0.4 is 5.32 Å². The topological polar surface area (TPSA) is 32.3 Å². The van der Waals surface area contributed by atoms with Crippen LogP contribution in [0.4, 0.5) is 5.69 Å². The second kappa shape index (κ2) is 4.54. The molecule has 1 aliphatic carbocycles. The molecule has 0 amide bonds. The number of rotatable bonds is 2. The van der Waals surface area contributed by atoms with Gasteiger partial charge in [-0.25, -0.2) is 0 Å². The van der Waals surface area contributed by atoms with Crippen LogP contribution in [-0.4, -0.2) is 17.3 Å². The SMILES string of the molecule is Cc1ccc(Br)cc1NC1CCCC1O. The maximum absolute atomic E-state index is 9.74. The molecular weight excluding hydrogens is 254 g/mol. The average molecular weight is 270 g/mol. The van der Waals surface area contributed by atoms with Gasteiger partial charge in [-0.1, -0.05) is 22.0 Å². The molecular formula is C12H16BrNO.